The van der Waals surface area contributed by atoms with E-state index in [1.807, 2.05) is 25.3 Å². The highest BCUT2D eigenvalue weighted by Gasteiger charge is 2.16. The molecule has 1 atom stereocenters. The second-order valence-corrected chi connectivity index (χ2v) is 4.01. The van der Waals surface area contributed by atoms with Crippen LogP contribution in [0.3, 0.4) is 0 Å². The number of hydrogen-bond donors (Lipinski definition) is 0. The summed E-state index contributed by atoms with van der Waals surface area (Å²) in [5.41, 5.74) is 1.54. The summed E-state index contributed by atoms with van der Waals surface area (Å²) in [4.78, 5) is 11.6. The molecule has 1 heterocycles. The van der Waals surface area contributed by atoms with E-state index in [0.717, 1.165) is 5.56 Å². The standard InChI is InChI=1S/C11H13NO2S/c1-3-9(4-5-12)14-11(13)10-7-15-6-8(10)2/h6-7,9H,3-4H2,1-2H3. The van der Waals surface area contributed by atoms with Crippen molar-refractivity contribution in [3.05, 3.63) is 21.9 Å². The molecular formula is C11H13NO2S. The minimum atomic E-state index is -0.323. The van der Waals surface area contributed by atoms with E-state index in [-0.39, 0.29) is 18.5 Å². The zero-order chi connectivity index (χ0) is 11.3. The van der Waals surface area contributed by atoms with Crippen LogP contribution in [0.15, 0.2) is 10.8 Å². The van der Waals surface area contributed by atoms with Gasteiger partial charge in [-0.05, 0) is 24.3 Å². The Morgan fingerprint density at radius 1 is 1.67 bits per heavy atom. The Balaban J connectivity index is 2.63. The normalized spacial score (nSPS) is 11.8. The number of rotatable bonds is 4. The minimum Gasteiger partial charge on any atom is -0.458 e. The predicted octanol–water partition coefficient (Wildman–Crippen LogP) is 2.91. The van der Waals surface area contributed by atoms with E-state index >= 15 is 0 Å². The maximum atomic E-state index is 11.6. The maximum absolute atomic E-state index is 11.6. The van der Waals surface area contributed by atoms with Crippen molar-refractivity contribution >= 4 is 17.3 Å². The number of nitriles is 1. The molecule has 0 aliphatic carbocycles. The Hall–Kier alpha value is -1.34. The van der Waals surface area contributed by atoms with E-state index < -0.39 is 0 Å². The van der Waals surface area contributed by atoms with Crippen molar-refractivity contribution in [1.29, 1.82) is 5.26 Å². The number of carbonyl (C=O) groups excluding carboxylic acids is 1. The first kappa shape index (κ1) is 11.7. The first-order valence-corrected chi connectivity index (χ1v) is 5.74. The van der Waals surface area contributed by atoms with Gasteiger partial charge in [0.2, 0.25) is 0 Å². The molecule has 0 aromatic carbocycles. The van der Waals surface area contributed by atoms with Crippen molar-refractivity contribution in [3.63, 3.8) is 0 Å². The molecule has 3 nitrogen and oxygen atoms in total. The highest BCUT2D eigenvalue weighted by Crippen LogP contribution is 2.16. The Morgan fingerprint density at radius 3 is 2.87 bits per heavy atom. The van der Waals surface area contributed by atoms with Gasteiger partial charge in [0.25, 0.3) is 0 Å². The summed E-state index contributed by atoms with van der Waals surface area (Å²) in [7, 11) is 0. The summed E-state index contributed by atoms with van der Waals surface area (Å²) in [6, 6.07) is 2.01. The van der Waals surface area contributed by atoms with Crippen molar-refractivity contribution < 1.29 is 9.53 Å². The molecule has 0 spiro atoms. The molecule has 0 bridgehead atoms. The fraction of sp³-hybridized carbons (Fsp3) is 0.455. The van der Waals surface area contributed by atoms with E-state index in [1.54, 1.807) is 5.38 Å². The van der Waals surface area contributed by atoms with Crippen molar-refractivity contribution in [2.24, 2.45) is 0 Å². The van der Waals surface area contributed by atoms with E-state index in [4.69, 9.17) is 10.00 Å². The summed E-state index contributed by atoms with van der Waals surface area (Å²) in [6.45, 7) is 3.77. The number of carbonyl (C=O) groups is 1. The average molecular weight is 223 g/mol. The third-order valence-electron chi connectivity index (χ3n) is 2.12. The second kappa shape index (κ2) is 5.52. The van der Waals surface area contributed by atoms with Gasteiger partial charge in [0.05, 0.1) is 18.1 Å². The molecule has 0 aliphatic heterocycles. The van der Waals surface area contributed by atoms with Crippen LogP contribution in [0.25, 0.3) is 0 Å². The van der Waals surface area contributed by atoms with Crippen molar-refractivity contribution in [2.75, 3.05) is 0 Å². The number of nitrogens with zero attached hydrogens (tertiary/aromatic N) is 1. The molecule has 0 saturated heterocycles. The topological polar surface area (TPSA) is 50.1 Å². The number of ether oxygens (including phenoxy) is 1. The molecule has 4 heteroatoms. The summed E-state index contributed by atoms with van der Waals surface area (Å²) in [5, 5.41) is 12.2. The molecule has 0 saturated carbocycles. The first-order valence-electron chi connectivity index (χ1n) is 4.79. The molecule has 0 N–H and O–H groups in total. The molecule has 0 fully saturated rings. The fourth-order valence-corrected chi connectivity index (χ4v) is 1.97. The molecule has 1 aromatic rings. The monoisotopic (exact) mass is 223 g/mol. The van der Waals surface area contributed by atoms with Gasteiger partial charge in [-0.1, -0.05) is 6.92 Å². The fourth-order valence-electron chi connectivity index (χ4n) is 1.16. The van der Waals surface area contributed by atoms with Gasteiger partial charge >= 0.3 is 5.97 Å². The number of hydrogen-bond acceptors (Lipinski definition) is 4. The van der Waals surface area contributed by atoms with E-state index in [2.05, 4.69) is 0 Å². The molecule has 15 heavy (non-hydrogen) atoms. The predicted molar refractivity (Wildman–Crippen MR) is 58.8 cm³/mol. The van der Waals surface area contributed by atoms with Gasteiger partial charge in [-0.25, -0.2) is 4.79 Å². The molecule has 1 rings (SSSR count). The summed E-state index contributed by atoms with van der Waals surface area (Å²) >= 11 is 1.48. The van der Waals surface area contributed by atoms with E-state index in [9.17, 15) is 4.79 Å². The van der Waals surface area contributed by atoms with Crippen molar-refractivity contribution in [2.45, 2.75) is 32.8 Å². The van der Waals surface area contributed by atoms with Crippen molar-refractivity contribution in [1.82, 2.24) is 0 Å². The van der Waals surface area contributed by atoms with Crippen LogP contribution in [0.1, 0.15) is 35.7 Å². The summed E-state index contributed by atoms with van der Waals surface area (Å²) in [5.74, 6) is -0.323. The van der Waals surface area contributed by atoms with E-state index in [0.29, 0.717) is 12.0 Å². The molecule has 0 amide bonds. The Morgan fingerprint density at radius 2 is 2.40 bits per heavy atom. The molecule has 0 aliphatic rings. The van der Waals surface area contributed by atoms with Crippen LogP contribution in [0.4, 0.5) is 0 Å². The lowest BCUT2D eigenvalue weighted by Gasteiger charge is -2.12. The lowest BCUT2D eigenvalue weighted by Crippen LogP contribution is -2.17. The van der Waals surface area contributed by atoms with Crippen LogP contribution in [0.5, 0.6) is 0 Å². The number of thiophene rings is 1. The van der Waals surface area contributed by atoms with Gasteiger partial charge in [-0.3, -0.25) is 0 Å². The van der Waals surface area contributed by atoms with Gasteiger partial charge in [0.15, 0.2) is 0 Å². The third-order valence-corrected chi connectivity index (χ3v) is 2.98. The molecule has 1 aromatic heterocycles. The minimum absolute atomic E-state index is 0.255. The zero-order valence-electron chi connectivity index (χ0n) is 8.82. The third kappa shape index (κ3) is 3.07. The van der Waals surface area contributed by atoms with Crippen LogP contribution in [0, 0.1) is 18.3 Å². The number of esters is 1. The molecule has 0 radical (unpaired) electrons. The largest absolute Gasteiger partial charge is 0.458 e. The Kier molecular flexibility index (Phi) is 4.32. The lowest BCUT2D eigenvalue weighted by atomic mass is 10.2. The first-order chi connectivity index (χ1) is 7.19. The quantitative estimate of drug-likeness (QED) is 0.737. The second-order valence-electron chi connectivity index (χ2n) is 3.27. The highest BCUT2D eigenvalue weighted by atomic mass is 32.1. The summed E-state index contributed by atoms with van der Waals surface area (Å²) < 4.78 is 5.21. The van der Waals surface area contributed by atoms with E-state index in [1.165, 1.54) is 11.3 Å². The maximum Gasteiger partial charge on any atom is 0.339 e. The van der Waals surface area contributed by atoms with Gasteiger partial charge < -0.3 is 4.74 Å². The van der Waals surface area contributed by atoms with Crippen LogP contribution < -0.4 is 0 Å². The average Bonchev–Trinajstić information content (AvgIpc) is 2.63. The van der Waals surface area contributed by atoms with Crippen LogP contribution in [-0.2, 0) is 4.74 Å². The van der Waals surface area contributed by atoms with Gasteiger partial charge in [-0.15, -0.1) is 0 Å². The Bertz CT molecular complexity index is 378. The molecular weight excluding hydrogens is 210 g/mol. The van der Waals surface area contributed by atoms with Gasteiger partial charge in [-0.2, -0.15) is 16.6 Å². The van der Waals surface area contributed by atoms with Gasteiger partial charge in [0.1, 0.15) is 6.10 Å². The smallest absolute Gasteiger partial charge is 0.339 e. The van der Waals surface area contributed by atoms with Crippen LogP contribution in [-0.4, -0.2) is 12.1 Å². The van der Waals surface area contributed by atoms with Crippen LogP contribution in [0.2, 0.25) is 0 Å². The highest BCUT2D eigenvalue weighted by molar-refractivity contribution is 7.08. The molecule has 1 unspecified atom stereocenters. The number of aryl methyl sites for hydroxylation is 1. The lowest BCUT2D eigenvalue weighted by molar-refractivity contribution is 0.0303. The van der Waals surface area contributed by atoms with Gasteiger partial charge in [0, 0.05) is 5.38 Å². The SMILES string of the molecule is CCC(CC#N)OC(=O)c1cscc1C. The zero-order valence-corrected chi connectivity index (χ0v) is 9.63. The van der Waals surface area contributed by atoms with Crippen LogP contribution >= 0.6 is 11.3 Å². The molecule has 80 valence electrons. The summed E-state index contributed by atoms with van der Waals surface area (Å²) in [6.07, 6.45) is 0.635. The van der Waals surface area contributed by atoms with Crippen molar-refractivity contribution in [3.8, 4) is 6.07 Å². The Labute approximate surface area is 93.3 Å².